The summed E-state index contributed by atoms with van der Waals surface area (Å²) in [7, 11) is 0. The van der Waals surface area contributed by atoms with E-state index in [9.17, 15) is 9.18 Å². The van der Waals surface area contributed by atoms with Crippen LogP contribution in [0.5, 0.6) is 0 Å². The van der Waals surface area contributed by atoms with Gasteiger partial charge in [-0.05, 0) is 22.1 Å². The maximum Gasteiger partial charge on any atom is 0.430 e. The van der Waals surface area contributed by atoms with Gasteiger partial charge in [-0.1, -0.05) is 0 Å². The third-order valence-electron chi connectivity index (χ3n) is 1.95. The van der Waals surface area contributed by atoms with E-state index in [1.807, 2.05) is 0 Å². The Morgan fingerprint density at radius 1 is 1.36 bits per heavy atom. The second-order valence-electron chi connectivity index (χ2n) is 2.88. The molecule has 0 spiro atoms. The molecule has 0 fully saturated rings. The molecule has 0 radical (unpaired) electrons. The summed E-state index contributed by atoms with van der Waals surface area (Å²) in [6, 6.07) is 5.72. The van der Waals surface area contributed by atoms with Crippen molar-refractivity contribution in [3.05, 3.63) is 46.2 Å². The van der Waals surface area contributed by atoms with Crippen LogP contribution < -0.4 is 10.3 Å². The van der Waals surface area contributed by atoms with Crippen LogP contribution in [0.25, 0.3) is 5.69 Å². The van der Waals surface area contributed by atoms with Crippen molar-refractivity contribution in [2.24, 2.45) is 0 Å². The Bertz CT molecular complexity index is 498. The predicted molar refractivity (Wildman–Crippen MR) is 45.6 cm³/mol. The molecule has 0 saturated heterocycles. The van der Waals surface area contributed by atoms with Gasteiger partial charge in [-0.3, -0.25) is 4.52 Å². The van der Waals surface area contributed by atoms with Crippen LogP contribution >= 0.6 is 0 Å². The Labute approximate surface area is 78.5 Å². The summed E-state index contributed by atoms with van der Waals surface area (Å²) in [5.74, 6) is -0.321. The van der Waals surface area contributed by atoms with Crippen LogP contribution in [0.3, 0.4) is 0 Å². The van der Waals surface area contributed by atoms with Crippen LogP contribution in [0, 0.1) is 12.7 Å². The first-order valence-corrected chi connectivity index (χ1v) is 4.04. The topological polar surface area (TPSA) is 49.9 Å². The maximum absolute atomic E-state index is 12.6. The molecule has 72 valence electrons. The Morgan fingerprint density at radius 3 is 2.50 bits per heavy atom. The summed E-state index contributed by atoms with van der Waals surface area (Å²) in [5, 5.41) is 2.42. The summed E-state index contributed by atoms with van der Waals surface area (Å²) < 4.78 is 18.6. The zero-order valence-corrected chi connectivity index (χ0v) is 7.45. The van der Waals surface area contributed by atoms with Gasteiger partial charge < -0.3 is 0 Å². The SMILES string of the molecule is Cc1c(=O)o[nH][n+]1-c1ccc(F)cc1. The third kappa shape index (κ3) is 1.32. The molecule has 0 bridgehead atoms. The van der Waals surface area contributed by atoms with Gasteiger partial charge in [0.1, 0.15) is 5.82 Å². The Balaban J connectivity index is 2.55. The van der Waals surface area contributed by atoms with Crippen molar-refractivity contribution in [1.82, 2.24) is 5.27 Å². The fraction of sp³-hybridized carbons (Fsp3) is 0.111. The normalized spacial score (nSPS) is 10.4. The molecule has 0 amide bonds. The number of hydrogen-bond donors (Lipinski definition) is 1. The minimum absolute atomic E-state index is 0.321. The molecule has 4 nitrogen and oxygen atoms in total. The lowest BCUT2D eigenvalue weighted by atomic mass is 10.3. The lowest BCUT2D eigenvalue weighted by Crippen LogP contribution is -2.36. The zero-order chi connectivity index (χ0) is 10.1. The number of aromatic amines is 1. The number of hydrogen-bond acceptors (Lipinski definition) is 2. The highest BCUT2D eigenvalue weighted by Gasteiger charge is 2.17. The van der Waals surface area contributed by atoms with E-state index in [2.05, 4.69) is 9.79 Å². The van der Waals surface area contributed by atoms with Crippen molar-refractivity contribution < 1.29 is 13.6 Å². The Kier molecular flexibility index (Phi) is 1.92. The quantitative estimate of drug-likeness (QED) is 0.680. The maximum atomic E-state index is 12.6. The standard InChI is InChI=1S/C9H7FN2O2/c1-6-9(13)14-11-12(6)8-4-2-7(10)3-5-8/h2-5H,1H3/p+1. The van der Waals surface area contributed by atoms with E-state index < -0.39 is 5.63 Å². The predicted octanol–water partition coefficient (Wildman–Crippen LogP) is 0.692. The molecule has 0 aliphatic rings. The molecule has 5 heteroatoms. The smallest absolute Gasteiger partial charge is 0.283 e. The largest absolute Gasteiger partial charge is 0.430 e. The minimum Gasteiger partial charge on any atom is -0.283 e. The first-order valence-electron chi connectivity index (χ1n) is 4.04. The van der Waals surface area contributed by atoms with Gasteiger partial charge in [-0.25, -0.2) is 9.18 Å². The number of rotatable bonds is 1. The molecule has 0 aliphatic carbocycles. The Hall–Kier alpha value is -1.91. The van der Waals surface area contributed by atoms with Crippen molar-refractivity contribution in [2.45, 2.75) is 6.92 Å². The monoisotopic (exact) mass is 195 g/mol. The minimum atomic E-state index is -0.436. The summed E-state index contributed by atoms with van der Waals surface area (Å²) in [5.41, 5.74) is 0.626. The molecule has 0 unspecified atom stereocenters. The van der Waals surface area contributed by atoms with Crippen LogP contribution in [-0.4, -0.2) is 5.27 Å². The van der Waals surface area contributed by atoms with Gasteiger partial charge >= 0.3 is 5.63 Å². The molecule has 2 rings (SSSR count). The van der Waals surface area contributed by atoms with Gasteiger partial charge in [0, 0.05) is 19.1 Å². The molecular formula is C9H8FN2O2+. The molecule has 1 heterocycles. The highest BCUT2D eigenvalue weighted by molar-refractivity contribution is 5.22. The van der Waals surface area contributed by atoms with E-state index in [1.54, 1.807) is 19.1 Å². The van der Waals surface area contributed by atoms with Crippen LogP contribution in [0.2, 0.25) is 0 Å². The molecular weight excluding hydrogens is 187 g/mol. The molecule has 0 atom stereocenters. The highest BCUT2D eigenvalue weighted by Crippen LogP contribution is 2.01. The van der Waals surface area contributed by atoms with Crippen LogP contribution in [0.1, 0.15) is 5.69 Å². The van der Waals surface area contributed by atoms with Gasteiger partial charge in [0.2, 0.25) is 5.69 Å². The van der Waals surface area contributed by atoms with Crippen molar-refractivity contribution in [3.8, 4) is 5.69 Å². The number of aromatic nitrogens is 2. The van der Waals surface area contributed by atoms with Crippen LogP contribution in [-0.2, 0) is 0 Å². The molecule has 1 N–H and O–H groups in total. The van der Waals surface area contributed by atoms with Gasteiger partial charge in [-0.15, -0.1) is 0 Å². The van der Waals surface area contributed by atoms with E-state index in [0.717, 1.165) is 0 Å². The van der Waals surface area contributed by atoms with Crippen LogP contribution in [0.15, 0.2) is 33.6 Å². The summed E-state index contributed by atoms with van der Waals surface area (Å²) >= 11 is 0. The summed E-state index contributed by atoms with van der Waals surface area (Å²) in [6.07, 6.45) is 0. The van der Waals surface area contributed by atoms with Crippen molar-refractivity contribution in [1.29, 1.82) is 0 Å². The highest BCUT2D eigenvalue weighted by atomic mass is 19.1. The van der Waals surface area contributed by atoms with E-state index in [0.29, 0.717) is 11.4 Å². The first kappa shape index (κ1) is 8.68. The summed E-state index contributed by atoms with van der Waals surface area (Å²) in [4.78, 5) is 11.0. The van der Waals surface area contributed by atoms with Gasteiger partial charge in [-0.2, -0.15) is 0 Å². The number of H-pyrrole nitrogens is 1. The fourth-order valence-electron chi connectivity index (χ4n) is 1.16. The number of nitrogens with one attached hydrogen (secondary N) is 1. The lowest BCUT2D eigenvalue weighted by Gasteiger charge is -1.89. The number of nitrogens with zero attached hydrogens (tertiary/aromatic N) is 1. The van der Waals surface area contributed by atoms with Crippen molar-refractivity contribution in [2.75, 3.05) is 0 Å². The molecule has 1 aromatic heterocycles. The number of halogens is 1. The first-order chi connectivity index (χ1) is 6.68. The lowest BCUT2D eigenvalue weighted by molar-refractivity contribution is -0.676. The molecule has 2 aromatic rings. The molecule has 0 saturated carbocycles. The average molecular weight is 195 g/mol. The van der Waals surface area contributed by atoms with Crippen LogP contribution in [0.4, 0.5) is 4.39 Å². The Morgan fingerprint density at radius 2 is 2.00 bits per heavy atom. The summed E-state index contributed by atoms with van der Waals surface area (Å²) in [6.45, 7) is 1.62. The molecule has 14 heavy (non-hydrogen) atoms. The fourth-order valence-corrected chi connectivity index (χ4v) is 1.16. The van der Waals surface area contributed by atoms with Gasteiger partial charge in [0.25, 0.3) is 5.69 Å². The van der Waals surface area contributed by atoms with Gasteiger partial charge in [0.15, 0.2) is 0 Å². The molecule has 1 aromatic carbocycles. The number of benzene rings is 1. The molecule has 0 aliphatic heterocycles. The van der Waals surface area contributed by atoms with Gasteiger partial charge in [0.05, 0.1) is 0 Å². The van der Waals surface area contributed by atoms with E-state index in [-0.39, 0.29) is 5.82 Å². The van der Waals surface area contributed by atoms with E-state index >= 15 is 0 Å². The zero-order valence-electron chi connectivity index (χ0n) is 7.45. The van der Waals surface area contributed by atoms with E-state index in [1.165, 1.54) is 16.8 Å². The van der Waals surface area contributed by atoms with Crippen molar-refractivity contribution in [3.63, 3.8) is 0 Å². The van der Waals surface area contributed by atoms with E-state index in [4.69, 9.17) is 0 Å². The second-order valence-corrected chi connectivity index (χ2v) is 2.88. The third-order valence-corrected chi connectivity index (χ3v) is 1.95. The second kappa shape index (κ2) is 3.10. The average Bonchev–Trinajstić information content (AvgIpc) is 2.50. The van der Waals surface area contributed by atoms with Crippen molar-refractivity contribution >= 4 is 0 Å².